The molecular weight excluding hydrogens is 284 g/mol. The van der Waals surface area contributed by atoms with Crippen molar-refractivity contribution in [3.8, 4) is 0 Å². The second kappa shape index (κ2) is 14.8. The van der Waals surface area contributed by atoms with E-state index < -0.39 is 0 Å². The van der Waals surface area contributed by atoms with Crippen LogP contribution >= 0.6 is 0 Å². The van der Waals surface area contributed by atoms with E-state index in [1.54, 1.807) is 0 Å². The summed E-state index contributed by atoms with van der Waals surface area (Å²) in [5.41, 5.74) is 0.310. The largest absolute Gasteiger partial charge is 0.469 e. The first-order valence-corrected chi connectivity index (χ1v) is 9.76. The number of carbonyl (C=O) groups is 1. The molecule has 0 atom stereocenters. The predicted molar refractivity (Wildman–Crippen MR) is 101 cm³/mol. The summed E-state index contributed by atoms with van der Waals surface area (Å²) in [6, 6.07) is 0. The van der Waals surface area contributed by atoms with Gasteiger partial charge in [0, 0.05) is 6.42 Å². The minimum atomic E-state index is -0.0806. The molecule has 0 aliphatic heterocycles. The number of methoxy groups -OCH3 is 1. The zero-order chi connectivity index (χ0) is 17.4. The van der Waals surface area contributed by atoms with Gasteiger partial charge in [-0.2, -0.15) is 0 Å². The number of hydrogen-bond donors (Lipinski definition) is 0. The van der Waals surface area contributed by atoms with E-state index in [1.807, 2.05) is 0 Å². The highest BCUT2D eigenvalue weighted by atomic mass is 16.5. The fourth-order valence-electron chi connectivity index (χ4n) is 2.83. The Morgan fingerprint density at radius 3 is 2.22 bits per heavy atom. The summed E-state index contributed by atoms with van der Waals surface area (Å²) in [4.78, 5) is 11.0. The molecule has 0 spiro atoms. The van der Waals surface area contributed by atoms with E-state index >= 15 is 0 Å². The third kappa shape index (κ3) is 15.9. The van der Waals surface area contributed by atoms with Crippen molar-refractivity contribution in [2.75, 3.05) is 7.11 Å². The monoisotopic (exact) mass is 324 g/mol. The van der Waals surface area contributed by atoms with Gasteiger partial charge in [-0.05, 0) is 31.1 Å². The molecule has 0 fully saturated rings. The molecule has 2 heteroatoms. The van der Waals surface area contributed by atoms with Crippen LogP contribution in [0.5, 0.6) is 0 Å². The molecule has 2 nitrogen and oxygen atoms in total. The molecule has 0 aromatic rings. The van der Waals surface area contributed by atoms with Gasteiger partial charge in [0.1, 0.15) is 0 Å². The van der Waals surface area contributed by atoms with E-state index in [9.17, 15) is 4.79 Å². The molecule has 0 aliphatic rings. The Morgan fingerprint density at radius 1 is 0.913 bits per heavy atom. The molecule has 0 amide bonds. The van der Waals surface area contributed by atoms with Gasteiger partial charge in [-0.1, -0.05) is 84.3 Å². The summed E-state index contributed by atoms with van der Waals surface area (Å²) in [6.07, 6.45) is 20.6. The average Bonchev–Trinajstić information content (AvgIpc) is 2.52. The fraction of sp³-hybridized carbons (Fsp3) is 0.857. The standard InChI is InChI=1S/C21H40O2/c1-5-6-7-8-9-10-12-15-18-21(2,3)19-16-13-11-14-17-20(22)23-4/h15,18H,5-14,16-17,19H2,1-4H3/b18-15+. The first-order chi connectivity index (χ1) is 11.0. The highest BCUT2D eigenvalue weighted by Crippen LogP contribution is 2.26. The lowest BCUT2D eigenvalue weighted by Gasteiger charge is -2.20. The Balaban J connectivity index is 3.55. The van der Waals surface area contributed by atoms with Gasteiger partial charge in [0.15, 0.2) is 0 Å². The van der Waals surface area contributed by atoms with Crippen LogP contribution in [0.1, 0.15) is 104 Å². The molecule has 0 rings (SSSR count). The highest BCUT2D eigenvalue weighted by molar-refractivity contribution is 5.68. The van der Waals surface area contributed by atoms with Crippen molar-refractivity contribution in [3.63, 3.8) is 0 Å². The lowest BCUT2D eigenvalue weighted by atomic mass is 9.86. The Hall–Kier alpha value is -0.790. The zero-order valence-electron chi connectivity index (χ0n) is 16.2. The first kappa shape index (κ1) is 22.2. The van der Waals surface area contributed by atoms with Crippen LogP contribution < -0.4 is 0 Å². The van der Waals surface area contributed by atoms with E-state index in [2.05, 4.69) is 37.7 Å². The second-order valence-corrected chi connectivity index (χ2v) is 7.44. The van der Waals surface area contributed by atoms with Gasteiger partial charge >= 0.3 is 5.97 Å². The molecular formula is C21H40O2. The summed E-state index contributed by atoms with van der Waals surface area (Å²) in [7, 11) is 1.46. The molecule has 0 heterocycles. The minimum absolute atomic E-state index is 0.0806. The SMILES string of the molecule is CCCCCCCC/C=C/C(C)(C)CCCCCCC(=O)OC. The Kier molecular flexibility index (Phi) is 14.3. The van der Waals surface area contributed by atoms with Crippen LogP contribution in [0, 0.1) is 5.41 Å². The van der Waals surface area contributed by atoms with Crippen molar-refractivity contribution < 1.29 is 9.53 Å². The van der Waals surface area contributed by atoms with Crippen LogP contribution in [0.3, 0.4) is 0 Å². The van der Waals surface area contributed by atoms with Crippen molar-refractivity contribution >= 4 is 5.97 Å². The number of unbranched alkanes of at least 4 members (excludes halogenated alkanes) is 9. The van der Waals surface area contributed by atoms with E-state index in [0.29, 0.717) is 11.8 Å². The number of carbonyl (C=O) groups excluding carboxylic acids is 1. The Morgan fingerprint density at radius 2 is 1.52 bits per heavy atom. The van der Waals surface area contributed by atoms with Crippen LogP contribution in [0.2, 0.25) is 0 Å². The number of rotatable bonds is 15. The third-order valence-corrected chi connectivity index (χ3v) is 4.47. The molecule has 0 bridgehead atoms. The van der Waals surface area contributed by atoms with Crippen LogP contribution in [-0.4, -0.2) is 13.1 Å². The summed E-state index contributed by atoms with van der Waals surface area (Å²) in [5.74, 6) is -0.0806. The second-order valence-electron chi connectivity index (χ2n) is 7.44. The van der Waals surface area contributed by atoms with Gasteiger partial charge in [-0.3, -0.25) is 4.79 Å². The van der Waals surface area contributed by atoms with E-state index in [-0.39, 0.29) is 5.97 Å². The molecule has 0 radical (unpaired) electrons. The molecule has 0 saturated carbocycles. The predicted octanol–water partition coefficient (Wildman–Crippen LogP) is 6.83. The van der Waals surface area contributed by atoms with Gasteiger partial charge in [0.05, 0.1) is 7.11 Å². The summed E-state index contributed by atoms with van der Waals surface area (Å²) in [5, 5.41) is 0. The van der Waals surface area contributed by atoms with Crippen molar-refractivity contribution in [1.29, 1.82) is 0 Å². The average molecular weight is 325 g/mol. The lowest BCUT2D eigenvalue weighted by Crippen LogP contribution is -2.07. The Bertz CT molecular complexity index is 305. The zero-order valence-corrected chi connectivity index (χ0v) is 16.2. The number of esters is 1. The van der Waals surface area contributed by atoms with Gasteiger partial charge in [-0.15, -0.1) is 0 Å². The minimum Gasteiger partial charge on any atom is -0.469 e. The maximum Gasteiger partial charge on any atom is 0.305 e. The van der Waals surface area contributed by atoms with Crippen LogP contribution in [0.25, 0.3) is 0 Å². The summed E-state index contributed by atoms with van der Waals surface area (Å²) >= 11 is 0. The smallest absolute Gasteiger partial charge is 0.305 e. The molecule has 0 aromatic carbocycles. The molecule has 0 N–H and O–H groups in total. The van der Waals surface area contributed by atoms with Crippen LogP contribution in [0.15, 0.2) is 12.2 Å². The topological polar surface area (TPSA) is 26.3 Å². The summed E-state index contributed by atoms with van der Waals surface area (Å²) in [6.45, 7) is 6.93. The van der Waals surface area contributed by atoms with Gasteiger partial charge in [0.25, 0.3) is 0 Å². The molecule has 0 aromatic heterocycles. The van der Waals surface area contributed by atoms with Gasteiger partial charge < -0.3 is 4.74 Å². The van der Waals surface area contributed by atoms with Crippen molar-refractivity contribution in [2.45, 2.75) is 104 Å². The van der Waals surface area contributed by atoms with E-state index in [1.165, 1.54) is 71.3 Å². The number of hydrogen-bond acceptors (Lipinski definition) is 2. The fourth-order valence-corrected chi connectivity index (χ4v) is 2.83. The van der Waals surface area contributed by atoms with Crippen LogP contribution in [-0.2, 0) is 9.53 Å². The van der Waals surface area contributed by atoms with E-state index in [4.69, 9.17) is 0 Å². The molecule has 23 heavy (non-hydrogen) atoms. The molecule has 0 unspecified atom stereocenters. The molecule has 0 saturated heterocycles. The summed E-state index contributed by atoms with van der Waals surface area (Å²) < 4.78 is 4.65. The van der Waals surface area contributed by atoms with E-state index in [0.717, 1.165) is 12.8 Å². The van der Waals surface area contributed by atoms with Crippen molar-refractivity contribution in [1.82, 2.24) is 0 Å². The Labute approximate surface area is 145 Å². The van der Waals surface area contributed by atoms with Crippen molar-refractivity contribution in [3.05, 3.63) is 12.2 Å². The normalized spacial score (nSPS) is 12.0. The maximum absolute atomic E-state index is 11.0. The number of allylic oxidation sites excluding steroid dienone is 2. The first-order valence-electron chi connectivity index (χ1n) is 9.76. The quantitative estimate of drug-likeness (QED) is 0.187. The van der Waals surface area contributed by atoms with Crippen molar-refractivity contribution in [2.24, 2.45) is 5.41 Å². The number of ether oxygens (including phenoxy) is 1. The molecule has 0 aliphatic carbocycles. The van der Waals surface area contributed by atoms with Crippen LogP contribution in [0.4, 0.5) is 0 Å². The maximum atomic E-state index is 11.0. The molecule has 136 valence electrons. The lowest BCUT2D eigenvalue weighted by molar-refractivity contribution is -0.140. The van der Waals surface area contributed by atoms with Gasteiger partial charge in [-0.25, -0.2) is 0 Å². The third-order valence-electron chi connectivity index (χ3n) is 4.47. The van der Waals surface area contributed by atoms with Gasteiger partial charge in [0.2, 0.25) is 0 Å². The highest BCUT2D eigenvalue weighted by Gasteiger charge is 2.12.